The summed E-state index contributed by atoms with van der Waals surface area (Å²) in [6.07, 6.45) is 7.23. The third kappa shape index (κ3) is 4.47. The largest absolute Gasteiger partial charge is 0.352 e. The molecule has 0 radical (unpaired) electrons. The number of thioether (sulfide) groups is 1. The van der Waals surface area contributed by atoms with Crippen molar-refractivity contribution >= 4 is 17.5 Å². The third-order valence-corrected chi connectivity index (χ3v) is 6.42. The minimum atomic E-state index is -0.224. The second-order valence-corrected chi connectivity index (χ2v) is 8.51. The van der Waals surface area contributed by atoms with E-state index in [1.165, 1.54) is 24.8 Å². The maximum atomic E-state index is 12.7. The molecule has 0 saturated carbocycles. The van der Waals surface area contributed by atoms with Gasteiger partial charge in [-0.25, -0.2) is 0 Å². The van der Waals surface area contributed by atoms with Gasteiger partial charge >= 0.3 is 0 Å². The van der Waals surface area contributed by atoms with Crippen molar-refractivity contribution in [3.63, 3.8) is 0 Å². The smallest absolute Gasteiger partial charge is 0.161 e. The molecule has 1 aliphatic heterocycles. The molecule has 0 unspecified atom stereocenters. The van der Waals surface area contributed by atoms with Crippen molar-refractivity contribution in [2.24, 2.45) is 0 Å². The zero-order chi connectivity index (χ0) is 19.2. The predicted octanol–water partition coefficient (Wildman–Crippen LogP) is 5.74. The summed E-state index contributed by atoms with van der Waals surface area (Å²) < 4.78 is 0. The summed E-state index contributed by atoms with van der Waals surface area (Å²) in [6.45, 7) is 4.27. The van der Waals surface area contributed by atoms with Crippen LogP contribution < -0.4 is 5.32 Å². The Balaban J connectivity index is 1.93. The van der Waals surface area contributed by atoms with Crippen LogP contribution in [0.25, 0.3) is 0 Å². The Bertz CT molecular complexity index is 799. The van der Waals surface area contributed by atoms with Crippen LogP contribution in [0.15, 0.2) is 46.1 Å². The van der Waals surface area contributed by atoms with Crippen LogP contribution in [-0.4, -0.2) is 11.5 Å². The van der Waals surface area contributed by atoms with Crippen LogP contribution in [0.4, 0.5) is 0 Å². The van der Waals surface area contributed by atoms with E-state index in [9.17, 15) is 10.1 Å². The molecule has 0 bridgehead atoms. The number of carbonyl (C=O) groups is 1. The maximum absolute atomic E-state index is 12.7. The Labute approximate surface area is 166 Å². The minimum absolute atomic E-state index is 0.189. The number of dihydropyridines is 1. The van der Waals surface area contributed by atoms with Gasteiger partial charge in [-0.1, -0.05) is 56.0 Å². The van der Waals surface area contributed by atoms with Crippen LogP contribution >= 0.6 is 11.8 Å². The number of hydrogen-bond donors (Lipinski definition) is 1. The Morgan fingerprint density at radius 2 is 1.96 bits per heavy atom. The van der Waals surface area contributed by atoms with Crippen molar-refractivity contribution in [1.29, 1.82) is 5.26 Å². The number of Topliss-reactive ketones (excluding diaryl/α,β-unsaturated/α-hetero) is 1. The zero-order valence-electron chi connectivity index (χ0n) is 16.3. The Kier molecular flexibility index (Phi) is 6.79. The molecule has 1 aliphatic carbocycles. The molecule has 0 fully saturated rings. The molecule has 1 N–H and O–H groups in total. The zero-order valence-corrected chi connectivity index (χ0v) is 17.1. The van der Waals surface area contributed by atoms with E-state index in [0.29, 0.717) is 12.0 Å². The molecule has 3 rings (SSSR count). The van der Waals surface area contributed by atoms with Gasteiger partial charge in [-0.05, 0) is 37.5 Å². The lowest BCUT2D eigenvalue weighted by Gasteiger charge is -2.33. The van der Waals surface area contributed by atoms with Crippen molar-refractivity contribution < 1.29 is 4.79 Å². The van der Waals surface area contributed by atoms with Gasteiger partial charge in [0.25, 0.3) is 0 Å². The van der Waals surface area contributed by atoms with Gasteiger partial charge in [0.05, 0.1) is 22.6 Å². The normalized spacial score (nSPS) is 19.6. The first kappa shape index (κ1) is 19.8. The summed E-state index contributed by atoms with van der Waals surface area (Å²) in [5, 5.41) is 14.4. The highest BCUT2D eigenvalue weighted by Gasteiger charge is 2.36. The average molecular weight is 381 g/mol. The number of carbonyl (C=O) groups excluding carboxylic acids is 1. The molecule has 1 heterocycles. The molecule has 142 valence electrons. The second-order valence-electron chi connectivity index (χ2n) is 7.40. The summed E-state index contributed by atoms with van der Waals surface area (Å²) in [5.41, 5.74) is 4.78. The second kappa shape index (κ2) is 9.28. The maximum Gasteiger partial charge on any atom is 0.161 e. The number of nitrogens with one attached hydrogen (secondary N) is 1. The van der Waals surface area contributed by atoms with Gasteiger partial charge in [0.15, 0.2) is 5.78 Å². The van der Waals surface area contributed by atoms with Crippen molar-refractivity contribution in [2.75, 3.05) is 5.75 Å². The number of rotatable bonds is 7. The average Bonchev–Trinajstić information content (AvgIpc) is 2.67. The van der Waals surface area contributed by atoms with Gasteiger partial charge in [-0.2, -0.15) is 5.26 Å². The number of unbranched alkanes of at least 4 members (excludes halogenated alkanes) is 3. The number of hydrogen-bond acceptors (Lipinski definition) is 4. The Hall–Kier alpha value is -1.99. The van der Waals surface area contributed by atoms with E-state index in [2.05, 4.69) is 49.5 Å². The van der Waals surface area contributed by atoms with E-state index in [4.69, 9.17) is 0 Å². The van der Waals surface area contributed by atoms with E-state index in [1.807, 2.05) is 0 Å². The molecule has 0 aromatic heterocycles. The fourth-order valence-corrected chi connectivity index (χ4v) is 4.90. The minimum Gasteiger partial charge on any atom is -0.352 e. The fourth-order valence-electron chi connectivity index (χ4n) is 3.83. The van der Waals surface area contributed by atoms with Gasteiger partial charge in [-0.15, -0.1) is 11.8 Å². The molecule has 1 aromatic carbocycles. The highest BCUT2D eigenvalue weighted by atomic mass is 32.2. The molecule has 2 aliphatic rings. The summed E-state index contributed by atoms with van der Waals surface area (Å²) in [6, 6.07) is 10.7. The first-order valence-corrected chi connectivity index (χ1v) is 11.0. The van der Waals surface area contributed by atoms with Crippen LogP contribution in [-0.2, 0) is 4.79 Å². The SMILES string of the molecule is CCCCCCSC1=C(C#N)[C@H](c2ccc(C)cc2)C2=C(CCCC2=O)N1. The number of ketones is 1. The fraction of sp³-hybridized carbons (Fsp3) is 0.478. The highest BCUT2D eigenvalue weighted by Crippen LogP contribution is 2.44. The molecule has 1 atom stereocenters. The van der Waals surface area contributed by atoms with Crippen molar-refractivity contribution in [3.05, 3.63) is 57.3 Å². The number of nitrogens with zero attached hydrogens (tertiary/aromatic N) is 1. The summed E-state index contributed by atoms with van der Waals surface area (Å²) in [5.74, 6) is 0.969. The van der Waals surface area contributed by atoms with Crippen LogP contribution in [0, 0.1) is 18.3 Å². The molecule has 1 aromatic rings. The third-order valence-electron chi connectivity index (χ3n) is 5.32. The van der Waals surface area contributed by atoms with Crippen LogP contribution in [0.5, 0.6) is 0 Å². The Morgan fingerprint density at radius 1 is 1.19 bits per heavy atom. The molecule has 0 amide bonds. The topological polar surface area (TPSA) is 52.9 Å². The number of nitriles is 1. The molecular weight excluding hydrogens is 352 g/mol. The lowest BCUT2D eigenvalue weighted by Crippen LogP contribution is -2.31. The van der Waals surface area contributed by atoms with E-state index >= 15 is 0 Å². The van der Waals surface area contributed by atoms with Gasteiger partial charge in [0.1, 0.15) is 0 Å². The van der Waals surface area contributed by atoms with Crippen molar-refractivity contribution in [2.45, 2.75) is 64.7 Å². The van der Waals surface area contributed by atoms with E-state index in [1.54, 1.807) is 11.8 Å². The summed E-state index contributed by atoms with van der Waals surface area (Å²) in [4.78, 5) is 12.7. The number of aryl methyl sites for hydroxylation is 1. The molecular formula is C23H28N2OS. The van der Waals surface area contributed by atoms with E-state index in [-0.39, 0.29) is 11.7 Å². The van der Waals surface area contributed by atoms with E-state index < -0.39 is 0 Å². The van der Waals surface area contributed by atoms with Crippen LogP contribution in [0.1, 0.15) is 68.9 Å². The monoisotopic (exact) mass is 380 g/mol. The first-order valence-electron chi connectivity index (χ1n) is 10.0. The predicted molar refractivity (Wildman–Crippen MR) is 112 cm³/mol. The van der Waals surface area contributed by atoms with Crippen molar-refractivity contribution in [1.82, 2.24) is 5.32 Å². The number of allylic oxidation sites excluding steroid dienone is 3. The molecule has 0 saturated heterocycles. The van der Waals surface area contributed by atoms with Gasteiger partial charge in [-0.3, -0.25) is 4.79 Å². The molecule has 0 spiro atoms. The van der Waals surface area contributed by atoms with Crippen molar-refractivity contribution in [3.8, 4) is 6.07 Å². The Morgan fingerprint density at radius 3 is 2.67 bits per heavy atom. The standard InChI is InChI=1S/C23H28N2OS/c1-3-4-5-6-14-27-23-18(15-24)21(17-12-10-16(2)11-13-17)22-19(25-23)8-7-9-20(22)26/h10-13,21,25H,3-9,14H2,1-2H3/t21-/m0/s1. The molecule has 4 heteroatoms. The quantitative estimate of drug-likeness (QED) is 0.613. The van der Waals surface area contributed by atoms with Crippen LogP contribution in [0.2, 0.25) is 0 Å². The highest BCUT2D eigenvalue weighted by molar-refractivity contribution is 8.03. The summed E-state index contributed by atoms with van der Waals surface area (Å²) >= 11 is 1.74. The van der Waals surface area contributed by atoms with Crippen LogP contribution in [0.3, 0.4) is 0 Å². The first-order chi connectivity index (χ1) is 13.2. The molecule has 27 heavy (non-hydrogen) atoms. The number of benzene rings is 1. The molecule has 3 nitrogen and oxygen atoms in total. The lowest BCUT2D eigenvalue weighted by molar-refractivity contribution is -0.116. The lowest BCUT2D eigenvalue weighted by atomic mass is 9.77. The van der Waals surface area contributed by atoms with Gasteiger partial charge in [0, 0.05) is 17.7 Å². The van der Waals surface area contributed by atoms with E-state index in [0.717, 1.165) is 46.9 Å². The summed E-state index contributed by atoms with van der Waals surface area (Å²) in [7, 11) is 0. The van der Waals surface area contributed by atoms with Gasteiger partial charge in [0.2, 0.25) is 0 Å². The van der Waals surface area contributed by atoms with Gasteiger partial charge < -0.3 is 5.32 Å².